The second-order valence-corrected chi connectivity index (χ2v) is 8.35. The highest BCUT2D eigenvalue weighted by molar-refractivity contribution is 5.93. The zero-order valence-electron chi connectivity index (χ0n) is 20.2. The van der Waals surface area contributed by atoms with Crippen LogP contribution in [0.5, 0.6) is 0 Å². The zero-order chi connectivity index (χ0) is 25.6. The van der Waals surface area contributed by atoms with Gasteiger partial charge >= 0.3 is 0 Å². The number of carbonyl (C=O) groups is 4. The van der Waals surface area contributed by atoms with Gasteiger partial charge in [-0.3, -0.25) is 24.2 Å². The van der Waals surface area contributed by atoms with Gasteiger partial charge in [-0.2, -0.15) is 0 Å². The average Bonchev–Trinajstić information content (AvgIpc) is 3.18. The molecule has 0 saturated carbocycles. The first-order valence-electron chi connectivity index (χ1n) is 11.3. The lowest BCUT2D eigenvalue weighted by Gasteiger charge is -2.29. The van der Waals surface area contributed by atoms with Crippen LogP contribution in [-0.2, 0) is 19.2 Å². The smallest absolute Gasteiger partial charge is 0.300 e. The summed E-state index contributed by atoms with van der Waals surface area (Å²) in [4.78, 5) is 52.5. The maximum Gasteiger partial charge on any atom is 0.300 e. The summed E-state index contributed by atoms with van der Waals surface area (Å²) in [6.07, 6.45) is 2.74. The molecule has 1 aliphatic rings. The maximum atomic E-state index is 13.2. The Balaban J connectivity index is 0.00000235. The van der Waals surface area contributed by atoms with Crippen LogP contribution < -0.4 is 27.8 Å². The summed E-state index contributed by atoms with van der Waals surface area (Å²) in [5.41, 5.74) is 16.6. The third-order valence-corrected chi connectivity index (χ3v) is 4.81. The summed E-state index contributed by atoms with van der Waals surface area (Å²) in [6.45, 7) is 8.21. The Kier molecular flexibility index (Phi) is 14.5. The molecule has 0 aromatic heterocycles. The van der Waals surface area contributed by atoms with Crippen molar-refractivity contribution in [1.82, 2.24) is 15.5 Å². The van der Waals surface area contributed by atoms with Crippen LogP contribution >= 0.6 is 0 Å². The number of nitrogens with two attached hydrogens (primary N) is 3. The molecule has 0 radical (unpaired) electrons. The number of nitrogens with zero attached hydrogens (tertiary/aromatic N) is 2. The molecule has 1 aliphatic heterocycles. The van der Waals surface area contributed by atoms with Crippen molar-refractivity contribution >= 4 is 29.7 Å². The van der Waals surface area contributed by atoms with Gasteiger partial charge in [0.05, 0.1) is 6.04 Å². The van der Waals surface area contributed by atoms with Gasteiger partial charge in [0, 0.05) is 26.6 Å². The second kappa shape index (κ2) is 15.8. The summed E-state index contributed by atoms with van der Waals surface area (Å²) in [7, 11) is 0. The molecular weight excluding hydrogens is 430 g/mol. The van der Waals surface area contributed by atoms with Crippen LogP contribution in [-0.4, -0.2) is 77.4 Å². The predicted molar refractivity (Wildman–Crippen MR) is 126 cm³/mol. The van der Waals surface area contributed by atoms with Crippen molar-refractivity contribution in [2.75, 3.05) is 19.6 Å². The van der Waals surface area contributed by atoms with Crippen molar-refractivity contribution in [1.29, 1.82) is 0 Å². The Morgan fingerprint density at radius 1 is 1.21 bits per heavy atom. The lowest BCUT2D eigenvalue weighted by Crippen LogP contribution is -2.55. The summed E-state index contributed by atoms with van der Waals surface area (Å²) >= 11 is 0. The van der Waals surface area contributed by atoms with E-state index < -0.39 is 24.1 Å². The number of likely N-dealkylation sites (tertiary alicyclic amines) is 1. The van der Waals surface area contributed by atoms with Gasteiger partial charge in [0.2, 0.25) is 17.7 Å². The van der Waals surface area contributed by atoms with Crippen molar-refractivity contribution in [3.63, 3.8) is 0 Å². The minimum absolute atomic E-state index is 0.0216. The molecule has 0 aliphatic carbocycles. The Bertz CT molecular complexity index is 676. The van der Waals surface area contributed by atoms with Crippen molar-refractivity contribution in [2.24, 2.45) is 28.1 Å². The fraction of sp³-hybridized carbons (Fsp3) is 0.762. The third kappa shape index (κ3) is 12.7. The number of rotatable bonds is 11. The van der Waals surface area contributed by atoms with Crippen LogP contribution in [0.3, 0.4) is 0 Å². The number of guanidine groups is 1. The number of aliphatic carboxylic acids is 1. The Labute approximate surface area is 195 Å². The Morgan fingerprint density at radius 2 is 1.82 bits per heavy atom. The molecule has 3 atom stereocenters. The summed E-state index contributed by atoms with van der Waals surface area (Å²) < 4.78 is 0. The standard InChI is InChI=1S/C19H37N7O3.C2H4O2/c1-4-23-17(28)15-8-6-10-26(15)18(29)14(7-5-9-24-19(21)22)25-16(27)13(20)11-12(2)3;1-2(3)4/h12-15H,4-11,20H2,1-3H3,(H,23,28)(H,25,27)(H4,21,22,24);1H3,(H,3,4)/t13-,14-,15-;/m0./s1. The first-order chi connectivity index (χ1) is 15.4. The summed E-state index contributed by atoms with van der Waals surface area (Å²) in [6, 6.07) is -1.98. The molecule has 0 spiro atoms. The number of carbonyl (C=O) groups excluding carboxylic acids is 3. The molecule has 0 bridgehead atoms. The molecule has 12 nitrogen and oxygen atoms in total. The molecule has 0 unspecified atom stereocenters. The number of amides is 3. The first-order valence-corrected chi connectivity index (χ1v) is 11.3. The number of likely N-dealkylation sites (N-methyl/N-ethyl adjacent to an activating group) is 1. The molecule has 1 fully saturated rings. The van der Waals surface area contributed by atoms with Crippen LogP contribution in [0.4, 0.5) is 0 Å². The van der Waals surface area contributed by atoms with Gasteiger partial charge in [-0.05, 0) is 44.9 Å². The topological polar surface area (TPSA) is 206 Å². The number of nitrogens with one attached hydrogen (secondary N) is 2. The average molecular weight is 472 g/mol. The van der Waals surface area contributed by atoms with E-state index in [0.717, 1.165) is 13.3 Å². The van der Waals surface area contributed by atoms with Crippen molar-refractivity contribution in [2.45, 2.75) is 77.9 Å². The lowest BCUT2D eigenvalue weighted by molar-refractivity contribution is -0.141. The van der Waals surface area contributed by atoms with Crippen LogP contribution in [0.2, 0.25) is 0 Å². The molecule has 3 amide bonds. The van der Waals surface area contributed by atoms with Crippen molar-refractivity contribution in [3.8, 4) is 0 Å². The van der Waals surface area contributed by atoms with E-state index in [0.29, 0.717) is 45.3 Å². The van der Waals surface area contributed by atoms with E-state index in [4.69, 9.17) is 27.1 Å². The minimum Gasteiger partial charge on any atom is -0.481 e. The van der Waals surface area contributed by atoms with E-state index in [1.165, 1.54) is 0 Å². The number of aliphatic imine (C=N–C) groups is 1. The quantitative estimate of drug-likeness (QED) is 0.126. The van der Waals surface area contributed by atoms with Gasteiger partial charge in [0.15, 0.2) is 5.96 Å². The van der Waals surface area contributed by atoms with Crippen molar-refractivity contribution in [3.05, 3.63) is 0 Å². The van der Waals surface area contributed by atoms with Gasteiger partial charge in [-0.25, -0.2) is 0 Å². The molecule has 1 saturated heterocycles. The van der Waals surface area contributed by atoms with Crippen LogP contribution in [0, 0.1) is 5.92 Å². The van der Waals surface area contributed by atoms with Crippen LogP contribution in [0.25, 0.3) is 0 Å². The third-order valence-electron chi connectivity index (χ3n) is 4.81. The van der Waals surface area contributed by atoms with E-state index in [1.807, 2.05) is 20.8 Å². The van der Waals surface area contributed by atoms with Crippen LogP contribution in [0.1, 0.15) is 59.8 Å². The molecule has 0 aromatic carbocycles. The normalized spacial score (nSPS) is 16.8. The lowest BCUT2D eigenvalue weighted by atomic mass is 10.0. The van der Waals surface area contributed by atoms with Gasteiger partial charge in [-0.15, -0.1) is 0 Å². The fourth-order valence-corrected chi connectivity index (χ4v) is 3.45. The Hall–Kier alpha value is -2.89. The highest BCUT2D eigenvalue weighted by Crippen LogP contribution is 2.20. The fourth-order valence-electron chi connectivity index (χ4n) is 3.45. The SMILES string of the molecule is CC(=O)O.CCNC(=O)[C@@H]1CCCN1C(=O)[C@H](CCCN=C(N)N)NC(=O)[C@@H](N)CC(C)C. The molecular formula is C21H41N7O5. The number of hydrogen-bond acceptors (Lipinski definition) is 6. The van der Waals surface area contributed by atoms with E-state index in [9.17, 15) is 14.4 Å². The van der Waals surface area contributed by atoms with Crippen molar-refractivity contribution < 1.29 is 24.3 Å². The second-order valence-electron chi connectivity index (χ2n) is 8.35. The predicted octanol–water partition coefficient (Wildman–Crippen LogP) is -0.884. The maximum absolute atomic E-state index is 13.2. The molecule has 9 N–H and O–H groups in total. The molecule has 0 aromatic rings. The first kappa shape index (κ1) is 30.1. The summed E-state index contributed by atoms with van der Waals surface area (Å²) in [5, 5.41) is 13.0. The number of carboxylic acids is 1. The minimum atomic E-state index is -0.833. The molecule has 12 heteroatoms. The van der Waals surface area contributed by atoms with E-state index in [-0.39, 0.29) is 29.6 Å². The van der Waals surface area contributed by atoms with Gasteiger partial charge in [0.25, 0.3) is 5.97 Å². The van der Waals surface area contributed by atoms with Gasteiger partial charge in [-0.1, -0.05) is 13.8 Å². The van der Waals surface area contributed by atoms with E-state index in [2.05, 4.69) is 15.6 Å². The highest BCUT2D eigenvalue weighted by Gasteiger charge is 2.37. The number of carboxylic acid groups (broad SMARTS) is 1. The van der Waals surface area contributed by atoms with Crippen LogP contribution in [0.15, 0.2) is 4.99 Å². The monoisotopic (exact) mass is 471 g/mol. The number of hydrogen-bond donors (Lipinski definition) is 6. The van der Waals surface area contributed by atoms with E-state index in [1.54, 1.807) is 4.90 Å². The molecule has 33 heavy (non-hydrogen) atoms. The molecule has 190 valence electrons. The molecule has 1 heterocycles. The molecule has 1 rings (SSSR count). The largest absolute Gasteiger partial charge is 0.481 e. The Morgan fingerprint density at radius 3 is 2.33 bits per heavy atom. The summed E-state index contributed by atoms with van der Waals surface area (Å²) in [5.74, 6) is -1.40. The van der Waals surface area contributed by atoms with Gasteiger partial charge < -0.3 is 37.8 Å². The zero-order valence-corrected chi connectivity index (χ0v) is 20.2. The highest BCUT2D eigenvalue weighted by atomic mass is 16.4. The van der Waals surface area contributed by atoms with Gasteiger partial charge in [0.1, 0.15) is 12.1 Å². The van der Waals surface area contributed by atoms with E-state index >= 15 is 0 Å².